The minimum absolute atomic E-state index is 0.336. The Morgan fingerprint density at radius 2 is 2.10 bits per heavy atom. The van der Waals surface area contributed by atoms with Crippen molar-refractivity contribution in [1.82, 2.24) is 10.1 Å². The summed E-state index contributed by atoms with van der Waals surface area (Å²) in [5.74, 6) is 2.82. The van der Waals surface area contributed by atoms with Crippen molar-refractivity contribution in [2.24, 2.45) is 17.6 Å². The standard InChI is InChI=1S/C16H29N3O2/c1-12(8-11-17)4-5-14-18-15(19-21-14)16(20-3)9-6-13(2)7-10-16/h12-13H,4-11,17H2,1-3H3. The van der Waals surface area contributed by atoms with Crippen LogP contribution in [0.15, 0.2) is 4.52 Å². The number of aryl methyl sites for hydroxylation is 1. The van der Waals surface area contributed by atoms with Gasteiger partial charge in [-0.2, -0.15) is 4.98 Å². The third-order valence-corrected chi connectivity index (χ3v) is 4.86. The van der Waals surface area contributed by atoms with Gasteiger partial charge < -0.3 is 15.0 Å². The Balaban J connectivity index is 1.97. The highest BCUT2D eigenvalue weighted by Crippen LogP contribution is 2.40. The number of methoxy groups -OCH3 is 1. The molecular formula is C16H29N3O2. The Kier molecular flexibility index (Phi) is 5.76. The molecule has 0 spiro atoms. The van der Waals surface area contributed by atoms with E-state index in [1.807, 2.05) is 0 Å². The van der Waals surface area contributed by atoms with Crippen LogP contribution in [0.5, 0.6) is 0 Å². The van der Waals surface area contributed by atoms with Gasteiger partial charge in [0, 0.05) is 13.5 Å². The smallest absolute Gasteiger partial charge is 0.226 e. The molecule has 0 aromatic carbocycles. The number of rotatable bonds is 7. The normalized spacial score (nSPS) is 27.7. The van der Waals surface area contributed by atoms with E-state index >= 15 is 0 Å². The molecule has 5 heteroatoms. The van der Waals surface area contributed by atoms with Crippen LogP contribution in [0.2, 0.25) is 0 Å². The topological polar surface area (TPSA) is 74.2 Å². The number of nitrogens with zero attached hydrogens (tertiary/aromatic N) is 2. The Labute approximate surface area is 127 Å². The molecule has 21 heavy (non-hydrogen) atoms. The fraction of sp³-hybridized carbons (Fsp3) is 0.875. The lowest BCUT2D eigenvalue weighted by atomic mass is 9.79. The highest BCUT2D eigenvalue weighted by molar-refractivity contribution is 5.04. The fourth-order valence-electron chi connectivity index (χ4n) is 3.09. The second-order valence-electron chi connectivity index (χ2n) is 6.61. The Bertz CT molecular complexity index is 425. The van der Waals surface area contributed by atoms with E-state index in [1.165, 1.54) is 0 Å². The predicted molar refractivity (Wildman–Crippen MR) is 81.8 cm³/mol. The van der Waals surface area contributed by atoms with Gasteiger partial charge in [0.25, 0.3) is 0 Å². The molecule has 1 fully saturated rings. The van der Waals surface area contributed by atoms with Crippen LogP contribution in [0.4, 0.5) is 0 Å². The van der Waals surface area contributed by atoms with Gasteiger partial charge in [-0.3, -0.25) is 0 Å². The molecule has 120 valence electrons. The molecule has 0 radical (unpaired) electrons. The summed E-state index contributed by atoms with van der Waals surface area (Å²) in [5, 5.41) is 4.20. The summed E-state index contributed by atoms with van der Waals surface area (Å²) < 4.78 is 11.2. The second-order valence-corrected chi connectivity index (χ2v) is 6.61. The van der Waals surface area contributed by atoms with E-state index in [-0.39, 0.29) is 5.60 Å². The highest BCUT2D eigenvalue weighted by Gasteiger charge is 2.40. The van der Waals surface area contributed by atoms with Gasteiger partial charge in [0.2, 0.25) is 11.7 Å². The largest absolute Gasteiger partial charge is 0.370 e. The predicted octanol–water partition coefficient (Wildman–Crippen LogP) is 3.04. The Hall–Kier alpha value is -0.940. The second kappa shape index (κ2) is 7.36. The molecule has 2 N–H and O–H groups in total. The van der Waals surface area contributed by atoms with Gasteiger partial charge in [0.1, 0.15) is 5.60 Å². The maximum atomic E-state index is 5.79. The van der Waals surface area contributed by atoms with E-state index < -0.39 is 0 Å². The lowest BCUT2D eigenvalue weighted by Gasteiger charge is -2.35. The van der Waals surface area contributed by atoms with Crippen molar-refractivity contribution in [2.75, 3.05) is 13.7 Å². The molecule has 0 bridgehead atoms. The number of hydrogen-bond donors (Lipinski definition) is 1. The zero-order valence-corrected chi connectivity index (χ0v) is 13.6. The van der Waals surface area contributed by atoms with Gasteiger partial charge in [-0.25, -0.2) is 0 Å². The fourth-order valence-corrected chi connectivity index (χ4v) is 3.09. The first kappa shape index (κ1) is 16.4. The van der Waals surface area contributed by atoms with E-state index in [0.29, 0.717) is 5.92 Å². The Morgan fingerprint density at radius 3 is 2.71 bits per heavy atom. The molecule has 0 saturated heterocycles. The molecule has 2 rings (SSSR count). The van der Waals surface area contributed by atoms with Gasteiger partial charge in [-0.15, -0.1) is 0 Å². The first-order chi connectivity index (χ1) is 10.1. The summed E-state index contributed by atoms with van der Waals surface area (Å²) in [7, 11) is 1.76. The van der Waals surface area contributed by atoms with Crippen LogP contribution < -0.4 is 5.73 Å². The zero-order chi connectivity index (χ0) is 15.3. The summed E-state index contributed by atoms with van der Waals surface area (Å²) in [4.78, 5) is 4.60. The molecule has 0 aliphatic heterocycles. The molecule has 1 aromatic heterocycles. The summed E-state index contributed by atoms with van der Waals surface area (Å²) in [6.07, 6.45) is 7.18. The van der Waals surface area contributed by atoms with Crippen LogP contribution in [0.3, 0.4) is 0 Å². The van der Waals surface area contributed by atoms with Crippen LogP contribution in [-0.4, -0.2) is 23.8 Å². The van der Waals surface area contributed by atoms with Crippen LogP contribution >= 0.6 is 0 Å². The number of aromatic nitrogens is 2. The minimum Gasteiger partial charge on any atom is -0.370 e. The Morgan fingerprint density at radius 1 is 1.38 bits per heavy atom. The van der Waals surface area contributed by atoms with E-state index in [9.17, 15) is 0 Å². The highest BCUT2D eigenvalue weighted by atomic mass is 16.5. The molecule has 0 amide bonds. The molecule has 1 heterocycles. The quantitative estimate of drug-likeness (QED) is 0.837. The van der Waals surface area contributed by atoms with E-state index in [1.54, 1.807) is 7.11 Å². The summed E-state index contributed by atoms with van der Waals surface area (Å²) in [6.45, 7) is 5.24. The summed E-state index contributed by atoms with van der Waals surface area (Å²) >= 11 is 0. The van der Waals surface area contributed by atoms with Crippen LogP contribution in [0, 0.1) is 11.8 Å². The van der Waals surface area contributed by atoms with Gasteiger partial charge in [0.05, 0.1) is 0 Å². The van der Waals surface area contributed by atoms with Crippen molar-refractivity contribution in [3.05, 3.63) is 11.7 Å². The third kappa shape index (κ3) is 4.04. The van der Waals surface area contributed by atoms with Crippen LogP contribution in [0.1, 0.15) is 64.1 Å². The molecular weight excluding hydrogens is 266 g/mol. The summed E-state index contributed by atoms with van der Waals surface area (Å²) in [5.41, 5.74) is 5.24. The van der Waals surface area contributed by atoms with Gasteiger partial charge in [-0.05, 0) is 56.9 Å². The van der Waals surface area contributed by atoms with Gasteiger partial charge in [-0.1, -0.05) is 19.0 Å². The van der Waals surface area contributed by atoms with Crippen molar-refractivity contribution >= 4 is 0 Å². The number of hydrogen-bond acceptors (Lipinski definition) is 5. The van der Waals surface area contributed by atoms with Crippen molar-refractivity contribution < 1.29 is 9.26 Å². The number of nitrogens with two attached hydrogens (primary N) is 1. The first-order valence-electron chi connectivity index (χ1n) is 8.18. The molecule has 5 nitrogen and oxygen atoms in total. The summed E-state index contributed by atoms with van der Waals surface area (Å²) in [6, 6.07) is 0. The van der Waals surface area contributed by atoms with E-state index in [4.69, 9.17) is 15.0 Å². The average Bonchev–Trinajstić information content (AvgIpc) is 2.96. The maximum Gasteiger partial charge on any atom is 0.226 e. The van der Waals surface area contributed by atoms with Crippen molar-refractivity contribution in [2.45, 2.75) is 64.4 Å². The third-order valence-electron chi connectivity index (χ3n) is 4.86. The van der Waals surface area contributed by atoms with Crippen molar-refractivity contribution in [3.63, 3.8) is 0 Å². The molecule has 1 aromatic rings. The lowest BCUT2D eigenvalue weighted by Crippen LogP contribution is -2.34. The average molecular weight is 295 g/mol. The van der Waals surface area contributed by atoms with Gasteiger partial charge >= 0.3 is 0 Å². The first-order valence-corrected chi connectivity index (χ1v) is 8.18. The van der Waals surface area contributed by atoms with Crippen LogP contribution in [-0.2, 0) is 16.8 Å². The van der Waals surface area contributed by atoms with E-state index in [0.717, 1.165) is 69.1 Å². The SMILES string of the molecule is COC1(c2noc(CCC(C)CCN)n2)CCC(C)CC1. The molecule has 1 aliphatic rings. The minimum atomic E-state index is -0.336. The maximum absolute atomic E-state index is 5.79. The zero-order valence-electron chi connectivity index (χ0n) is 13.6. The molecule has 1 unspecified atom stereocenters. The van der Waals surface area contributed by atoms with Crippen molar-refractivity contribution in [1.29, 1.82) is 0 Å². The lowest BCUT2D eigenvalue weighted by molar-refractivity contribution is -0.0609. The van der Waals surface area contributed by atoms with E-state index in [2.05, 4.69) is 24.0 Å². The molecule has 1 aliphatic carbocycles. The molecule has 1 saturated carbocycles. The number of ether oxygens (including phenoxy) is 1. The monoisotopic (exact) mass is 295 g/mol. The molecule has 1 atom stereocenters. The van der Waals surface area contributed by atoms with Gasteiger partial charge in [0.15, 0.2) is 0 Å². The van der Waals surface area contributed by atoms with Crippen molar-refractivity contribution in [3.8, 4) is 0 Å². The van der Waals surface area contributed by atoms with Crippen LogP contribution in [0.25, 0.3) is 0 Å².